The largest absolute Gasteiger partial charge is 0.399 e. The van der Waals surface area contributed by atoms with Crippen molar-refractivity contribution in [3.63, 3.8) is 0 Å². The number of anilines is 2. The van der Waals surface area contributed by atoms with E-state index in [0.717, 1.165) is 4.90 Å². The molecule has 2 aromatic rings. The summed E-state index contributed by atoms with van der Waals surface area (Å²) in [5.41, 5.74) is 6.27. The summed E-state index contributed by atoms with van der Waals surface area (Å²) in [4.78, 5) is 0.980. The number of benzene rings is 1. The van der Waals surface area contributed by atoms with Gasteiger partial charge >= 0.3 is 0 Å². The number of nitrogens with two attached hydrogens (primary N) is 1. The SMILES string of the molecule is Nc1ccc(SCCS(=O)(=O)Nc2cccnn2)cc1. The van der Waals surface area contributed by atoms with Gasteiger partial charge in [0.05, 0.1) is 5.75 Å². The maximum absolute atomic E-state index is 11.8. The van der Waals surface area contributed by atoms with Crippen molar-refractivity contribution >= 4 is 33.3 Å². The van der Waals surface area contributed by atoms with Crippen molar-refractivity contribution in [1.82, 2.24) is 10.2 Å². The minimum Gasteiger partial charge on any atom is -0.399 e. The highest BCUT2D eigenvalue weighted by Gasteiger charge is 2.11. The predicted molar refractivity (Wildman–Crippen MR) is 81.0 cm³/mol. The van der Waals surface area contributed by atoms with Crippen LogP contribution in [-0.2, 0) is 10.0 Å². The van der Waals surface area contributed by atoms with Gasteiger partial charge in [-0.2, -0.15) is 5.10 Å². The Balaban J connectivity index is 1.85. The standard InChI is InChI=1S/C12H14N4O2S2/c13-10-3-5-11(6-4-10)19-8-9-20(17,18)16-12-2-1-7-14-15-12/h1-7H,8-9,13H2,(H,15,16). The van der Waals surface area contributed by atoms with Crippen molar-refractivity contribution in [1.29, 1.82) is 0 Å². The van der Waals surface area contributed by atoms with Gasteiger partial charge in [-0.05, 0) is 36.4 Å². The average molecular weight is 310 g/mol. The summed E-state index contributed by atoms with van der Waals surface area (Å²) in [6.45, 7) is 0. The van der Waals surface area contributed by atoms with Crippen LogP contribution in [0.3, 0.4) is 0 Å². The second-order valence-corrected chi connectivity index (χ2v) is 6.96. The van der Waals surface area contributed by atoms with Crippen molar-refractivity contribution in [3.8, 4) is 0 Å². The van der Waals surface area contributed by atoms with Crippen molar-refractivity contribution in [2.45, 2.75) is 4.90 Å². The molecule has 0 fully saturated rings. The van der Waals surface area contributed by atoms with Gasteiger partial charge in [-0.15, -0.1) is 16.9 Å². The first-order valence-corrected chi connectivity index (χ1v) is 8.45. The molecule has 8 heteroatoms. The number of rotatable bonds is 6. The summed E-state index contributed by atoms with van der Waals surface area (Å²) >= 11 is 1.46. The molecule has 1 heterocycles. The Bertz CT molecular complexity index is 645. The van der Waals surface area contributed by atoms with Gasteiger partial charge in [0.25, 0.3) is 0 Å². The highest BCUT2D eigenvalue weighted by atomic mass is 32.2. The molecule has 0 unspecified atom stereocenters. The summed E-state index contributed by atoms with van der Waals surface area (Å²) in [6, 6.07) is 10.5. The smallest absolute Gasteiger partial charge is 0.234 e. The van der Waals surface area contributed by atoms with Gasteiger partial charge in [0, 0.05) is 22.5 Å². The Kier molecular flexibility index (Phi) is 4.80. The topological polar surface area (TPSA) is 98.0 Å². The molecule has 0 spiro atoms. The zero-order chi connectivity index (χ0) is 14.4. The molecule has 1 aromatic heterocycles. The van der Waals surface area contributed by atoms with Gasteiger partial charge in [-0.25, -0.2) is 8.42 Å². The molecule has 106 valence electrons. The fourth-order valence-electron chi connectivity index (χ4n) is 1.40. The molecular weight excluding hydrogens is 296 g/mol. The fraction of sp³-hybridized carbons (Fsp3) is 0.167. The molecule has 6 nitrogen and oxygen atoms in total. The summed E-state index contributed by atoms with van der Waals surface area (Å²) in [5.74, 6) is 0.669. The van der Waals surface area contributed by atoms with Crippen molar-refractivity contribution in [2.24, 2.45) is 0 Å². The Morgan fingerprint density at radius 3 is 2.60 bits per heavy atom. The van der Waals surface area contributed by atoms with Gasteiger partial charge in [-0.3, -0.25) is 4.72 Å². The minimum absolute atomic E-state index is 0.00137. The molecule has 2 rings (SSSR count). The van der Waals surface area contributed by atoms with Crippen LogP contribution in [-0.4, -0.2) is 30.1 Å². The third kappa shape index (κ3) is 4.71. The third-order valence-corrected chi connectivity index (χ3v) is 4.87. The van der Waals surface area contributed by atoms with E-state index in [1.165, 1.54) is 18.0 Å². The van der Waals surface area contributed by atoms with Gasteiger partial charge in [-0.1, -0.05) is 0 Å². The summed E-state index contributed by atoms with van der Waals surface area (Å²) in [7, 11) is -3.41. The number of nitrogens with one attached hydrogen (secondary N) is 1. The van der Waals surface area contributed by atoms with E-state index in [1.807, 2.05) is 12.1 Å². The first-order valence-electron chi connectivity index (χ1n) is 5.82. The van der Waals surface area contributed by atoms with Crippen LogP contribution in [0.1, 0.15) is 0 Å². The van der Waals surface area contributed by atoms with E-state index in [2.05, 4.69) is 14.9 Å². The molecular formula is C12H14N4O2S2. The van der Waals surface area contributed by atoms with Crippen molar-refractivity contribution in [3.05, 3.63) is 42.6 Å². The Hall–Kier alpha value is -1.80. The monoisotopic (exact) mass is 310 g/mol. The zero-order valence-corrected chi connectivity index (χ0v) is 12.2. The molecule has 0 saturated carbocycles. The predicted octanol–water partition coefficient (Wildman–Crippen LogP) is 1.59. The van der Waals surface area contributed by atoms with Crippen molar-refractivity contribution < 1.29 is 8.42 Å². The normalized spacial score (nSPS) is 11.2. The highest BCUT2D eigenvalue weighted by molar-refractivity contribution is 8.01. The minimum atomic E-state index is -3.41. The quantitative estimate of drug-likeness (QED) is 0.621. The zero-order valence-electron chi connectivity index (χ0n) is 10.6. The van der Waals surface area contributed by atoms with Crippen LogP contribution in [0.15, 0.2) is 47.5 Å². The second kappa shape index (κ2) is 6.58. The number of hydrogen-bond acceptors (Lipinski definition) is 6. The fourth-order valence-corrected chi connectivity index (χ4v) is 3.70. The third-order valence-electron chi connectivity index (χ3n) is 2.33. The second-order valence-electron chi connectivity index (χ2n) is 3.95. The number of thioether (sulfide) groups is 1. The lowest BCUT2D eigenvalue weighted by Gasteiger charge is -2.06. The molecule has 0 bridgehead atoms. The Labute approximate surface area is 121 Å². The van der Waals surface area contributed by atoms with Crippen LogP contribution in [0, 0.1) is 0 Å². The van der Waals surface area contributed by atoms with Crippen LogP contribution >= 0.6 is 11.8 Å². The van der Waals surface area contributed by atoms with Crippen LogP contribution in [0.4, 0.5) is 11.5 Å². The van der Waals surface area contributed by atoms with E-state index in [0.29, 0.717) is 11.4 Å². The van der Waals surface area contributed by atoms with E-state index in [-0.39, 0.29) is 11.6 Å². The lowest BCUT2D eigenvalue weighted by molar-refractivity contribution is 0.602. The molecule has 1 aromatic carbocycles. The number of nitrogens with zero attached hydrogens (tertiary/aromatic N) is 2. The van der Waals surface area contributed by atoms with Gasteiger partial charge in [0.15, 0.2) is 5.82 Å². The first kappa shape index (κ1) is 14.6. The number of sulfonamides is 1. The van der Waals surface area contributed by atoms with Crippen molar-refractivity contribution in [2.75, 3.05) is 22.0 Å². The maximum atomic E-state index is 11.8. The molecule has 0 aliphatic carbocycles. The lowest BCUT2D eigenvalue weighted by atomic mass is 10.3. The van der Waals surface area contributed by atoms with Gasteiger partial charge in [0.2, 0.25) is 10.0 Å². The average Bonchev–Trinajstić information content (AvgIpc) is 2.41. The first-order chi connectivity index (χ1) is 9.55. The number of nitrogen functional groups attached to an aromatic ring is 1. The molecule has 3 N–H and O–H groups in total. The molecule has 20 heavy (non-hydrogen) atoms. The maximum Gasteiger partial charge on any atom is 0.234 e. The Morgan fingerprint density at radius 2 is 1.95 bits per heavy atom. The summed E-state index contributed by atoms with van der Waals surface area (Å²) in [6.07, 6.45) is 1.48. The molecule has 0 aliphatic rings. The molecule has 0 radical (unpaired) electrons. The van der Waals surface area contributed by atoms with Crippen LogP contribution in [0.25, 0.3) is 0 Å². The van der Waals surface area contributed by atoms with E-state index < -0.39 is 10.0 Å². The molecule has 0 atom stereocenters. The Morgan fingerprint density at radius 1 is 1.20 bits per heavy atom. The summed E-state index contributed by atoms with van der Waals surface area (Å²) < 4.78 is 26.0. The highest BCUT2D eigenvalue weighted by Crippen LogP contribution is 2.19. The van der Waals surface area contributed by atoms with Crippen LogP contribution in [0.5, 0.6) is 0 Å². The van der Waals surface area contributed by atoms with Gasteiger partial charge in [0.1, 0.15) is 0 Å². The van der Waals surface area contributed by atoms with E-state index in [9.17, 15) is 8.42 Å². The molecule has 0 amide bonds. The van der Waals surface area contributed by atoms with Crippen LogP contribution in [0.2, 0.25) is 0 Å². The van der Waals surface area contributed by atoms with Gasteiger partial charge < -0.3 is 5.73 Å². The summed E-state index contributed by atoms with van der Waals surface area (Å²) in [5, 5.41) is 7.29. The lowest BCUT2D eigenvalue weighted by Crippen LogP contribution is -2.19. The number of hydrogen-bond donors (Lipinski definition) is 2. The van der Waals surface area contributed by atoms with E-state index in [1.54, 1.807) is 24.3 Å². The van der Waals surface area contributed by atoms with E-state index >= 15 is 0 Å². The number of aromatic nitrogens is 2. The van der Waals surface area contributed by atoms with E-state index in [4.69, 9.17) is 5.73 Å². The molecule has 0 saturated heterocycles. The molecule has 0 aliphatic heterocycles. The van der Waals surface area contributed by atoms with Crippen LogP contribution < -0.4 is 10.5 Å².